The van der Waals surface area contributed by atoms with Crippen LogP contribution in [0.3, 0.4) is 0 Å². The Bertz CT molecular complexity index is 1730. The molecule has 0 saturated heterocycles. The summed E-state index contributed by atoms with van der Waals surface area (Å²) in [7, 11) is 0. The highest BCUT2D eigenvalue weighted by Crippen LogP contribution is 2.45. The number of benzene rings is 3. The van der Waals surface area contributed by atoms with E-state index in [2.05, 4.69) is 73.3 Å². The molecule has 41 heavy (non-hydrogen) atoms. The number of fused-ring (bicyclic) bond motifs is 2. The zero-order chi connectivity index (χ0) is 28.6. The molecule has 4 nitrogen and oxygen atoms in total. The van der Waals surface area contributed by atoms with Gasteiger partial charge in [0.05, 0.1) is 5.56 Å². The standard InChI is InChI=1S/C35H34ClN3OS/c1-35(2,3)25-15-18-29-31(19-25)41-34(32(29)33(40)38-27-9-5-4-6-10-27)37-20-24-22-39(30-12-8-7-11-28(24)30)21-23-13-16-26(36)17-14-23/h4-14,16-17,20,22,25H,15,18-19,21H2,1-3H3,(H,38,40)/t25-/m0/s1. The number of nitrogens with one attached hydrogen (secondary N) is 1. The average molecular weight is 580 g/mol. The Morgan fingerprint density at radius 3 is 2.54 bits per heavy atom. The maximum atomic E-state index is 13.7. The number of carbonyl (C=O) groups is 1. The summed E-state index contributed by atoms with van der Waals surface area (Å²) in [5.41, 5.74) is 6.26. The highest BCUT2D eigenvalue weighted by molar-refractivity contribution is 7.16. The largest absolute Gasteiger partial charge is 0.342 e. The first-order valence-electron chi connectivity index (χ1n) is 14.1. The first-order chi connectivity index (χ1) is 19.8. The lowest BCUT2D eigenvalue weighted by Gasteiger charge is -2.33. The van der Waals surface area contributed by atoms with E-state index in [1.165, 1.54) is 16.0 Å². The van der Waals surface area contributed by atoms with Gasteiger partial charge in [0.15, 0.2) is 0 Å². The van der Waals surface area contributed by atoms with Crippen LogP contribution in [0.2, 0.25) is 5.02 Å². The van der Waals surface area contributed by atoms with Crippen molar-refractivity contribution in [2.45, 2.75) is 46.6 Å². The Labute approximate surface area is 250 Å². The Hall–Kier alpha value is -3.67. The Balaban J connectivity index is 1.37. The minimum Gasteiger partial charge on any atom is -0.342 e. The third-order valence-electron chi connectivity index (χ3n) is 8.14. The number of halogens is 1. The van der Waals surface area contributed by atoms with Crippen molar-refractivity contribution in [3.63, 3.8) is 0 Å². The van der Waals surface area contributed by atoms with E-state index in [9.17, 15) is 4.79 Å². The molecular weight excluding hydrogens is 546 g/mol. The molecule has 2 aromatic heterocycles. The van der Waals surface area contributed by atoms with Gasteiger partial charge in [-0.2, -0.15) is 0 Å². The predicted molar refractivity (Wildman–Crippen MR) is 173 cm³/mol. The summed E-state index contributed by atoms with van der Waals surface area (Å²) in [6, 6.07) is 26.0. The third kappa shape index (κ3) is 5.88. The van der Waals surface area contributed by atoms with Crippen molar-refractivity contribution >= 4 is 56.7 Å². The highest BCUT2D eigenvalue weighted by atomic mass is 35.5. The van der Waals surface area contributed by atoms with Crippen molar-refractivity contribution in [2.75, 3.05) is 5.32 Å². The third-order valence-corrected chi connectivity index (χ3v) is 9.55. The van der Waals surface area contributed by atoms with Crippen LogP contribution in [0.25, 0.3) is 10.9 Å². The van der Waals surface area contributed by atoms with Gasteiger partial charge in [-0.1, -0.05) is 80.9 Å². The summed E-state index contributed by atoms with van der Waals surface area (Å²) in [6.45, 7) is 7.69. The molecule has 0 spiro atoms. The van der Waals surface area contributed by atoms with Gasteiger partial charge < -0.3 is 9.88 Å². The SMILES string of the molecule is CC(C)(C)[C@H]1CCc2c(sc(N=Cc3cn(Cc4ccc(Cl)cc4)c4ccccc34)c2C(=O)Nc2ccccc2)C1. The maximum Gasteiger partial charge on any atom is 0.259 e. The number of hydrogen-bond donors (Lipinski definition) is 1. The van der Waals surface area contributed by atoms with Gasteiger partial charge in [0.1, 0.15) is 5.00 Å². The Morgan fingerprint density at radius 1 is 1.05 bits per heavy atom. The zero-order valence-corrected chi connectivity index (χ0v) is 25.2. The van der Waals surface area contributed by atoms with Crippen molar-refractivity contribution < 1.29 is 4.79 Å². The second-order valence-corrected chi connectivity index (χ2v) is 13.4. The molecule has 6 rings (SSSR count). The number of nitrogens with zero attached hydrogens (tertiary/aromatic N) is 2. The highest BCUT2D eigenvalue weighted by Gasteiger charge is 2.33. The minimum absolute atomic E-state index is 0.0831. The minimum atomic E-state index is -0.0831. The Kier molecular flexibility index (Phi) is 7.58. The van der Waals surface area contributed by atoms with E-state index in [1.807, 2.05) is 48.7 Å². The first kappa shape index (κ1) is 27.5. The number of hydrogen-bond acceptors (Lipinski definition) is 3. The molecule has 0 unspecified atom stereocenters. The molecule has 0 radical (unpaired) electrons. The summed E-state index contributed by atoms with van der Waals surface area (Å²) in [6.07, 6.45) is 7.06. The molecule has 5 aromatic rings. The summed E-state index contributed by atoms with van der Waals surface area (Å²) >= 11 is 7.79. The fourth-order valence-corrected chi connectivity index (χ4v) is 7.17. The number of para-hydroxylation sites is 2. The van der Waals surface area contributed by atoms with Crippen LogP contribution in [0.15, 0.2) is 90.1 Å². The summed E-state index contributed by atoms with van der Waals surface area (Å²) in [5, 5.41) is 5.77. The molecule has 0 fully saturated rings. The van der Waals surface area contributed by atoms with Crippen molar-refractivity contribution in [1.29, 1.82) is 0 Å². The molecule has 0 bridgehead atoms. The van der Waals surface area contributed by atoms with Crippen LogP contribution < -0.4 is 5.32 Å². The first-order valence-corrected chi connectivity index (χ1v) is 15.3. The van der Waals surface area contributed by atoms with Gasteiger partial charge in [0, 0.05) is 51.0 Å². The van der Waals surface area contributed by atoms with E-state index in [0.717, 1.165) is 63.5 Å². The molecular formula is C35H34ClN3OS. The van der Waals surface area contributed by atoms with Crippen LogP contribution in [0.5, 0.6) is 0 Å². The average Bonchev–Trinajstić information content (AvgIpc) is 3.50. The summed E-state index contributed by atoms with van der Waals surface area (Å²) in [5.74, 6) is 0.501. The lowest BCUT2D eigenvalue weighted by molar-refractivity contribution is 0.102. The number of aliphatic imine (C=N–C) groups is 1. The summed E-state index contributed by atoms with van der Waals surface area (Å²) < 4.78 is 2.25. The van der Waals surface area contributed by atoms with Crippen molar-refractivity contribution in [1.82, 2.24) is 4.57 Å². The molecule has 1 aliphatic rings. The van der Waals surface area contributed by atoms with Gasteiger partial charge in [0.2, 0.25) is 0 Å². The Morgan fingerprint density at radius 2 is 1.78 bits per heavy atom. The number of carbonyl (C=O) groups excluding carboxylic acids is 1. The summed E-state index contributed by atoms with van der Waals surface area (Å²) in [4.78, 5) is 20.0. The van der Waals surface area contributed by atoms with Gasteiger partial charge in [0.25, 0.3) is 5.91 Å². The smallest absolute Gasteiger partial charge is 0.259 e. The number of thiophene rings is 1. The monoisotopic (exact) mass is 579 g/mol. The fraction of sp³-hybridized carbons (Fsp3) is 0.257. The molecule has 2 heterocycles. The maximum absolute atomic E-state index is 13.7. The molecule has 0 aliphatic heterocycles. The molecule has 3 aromatic carbocycles. The van der Waals surface area contributed by atoms with Crippen LogP contribution in [-0.4, -0.2) is 16.7 Å². The van der Waals surface area contributed by atoms with Crippen LogP contribution >= 0.6 is 22.9 Å². The van der Waals surface area contributed by atoms with Crippen molar-refractivity contribution in [3.05, 3.63) is 117 Å². The second-order valence-electron chi connectivity index (χ2n) is 11.9. The lowest BCUT2D eigenvalue weighted by Crippen LogP contribution is -2.27. The number of amides is 1. The van der Waals surface area contributed by atoms with Crippen LogP contribution in [0, 0.1) is 11.3 Å². The topological polar surface area (TPSA) is 46.4 Å². The van der Waals surface area contributed by atoms with Gasteiger partial charge in [-0.15, -0.1) is 11.3 Å². The van der Waals surface area contributed by atoms with Gasteiger partial charge in [-0.25, -0.2) is 4.99 Å². The molecule has 1 aliphatic carbocycles. The van der Waals surface area contributed by atoms with Gasteiger partial charge in [-0.3, -0.25) is 4.79 Å². The molecule has 0 saturated carbocycles. The van der Waals surface area contributed by atoms with E-state index in [-0.39, 0.29) is 11.3 Å². The zero-order valence-electron chi connectivity index (χ0n) is 23.7. The molecule has 1 amide bonds. The van der Waals surface area contributed by atoms with Crippen molar-refractivity contribution in [3.8, 4) is 0 Å². The number of rotatable bonds is 6. The molecule has 208 valence electrons. The number of anilines is 1. The lowest BCUT2D eigenvalue weighted by atomic mass is 9.72. The van der Waals surface area contributed by atoms with E-state index < -0.39 is 0 Å². The number of aromatic nitrogens is 1. The van der Waals surface area contributed by atoms with Gasteiger partial charge >= 0.3 is 0 Å². The van der Waals surface area contributed by atoms with Crippen LogP contribution in [0.1, 0.15) is 59.1 Å². The predicted octanol–water partition coefficient (Wildman–Crippen LogP) is 9.56. The van der Waals surface area contributed by atoms with Crippen LogP contribution in [-0.2, 0) is 19.4 Å². The van der Waals surface area contributed by atoms with E-state index in [0.29, 0.717) is 5.92 Å². The molecule has 1 atom stereocenters. The second kappa shape index (κ2) is 11.3. The van der Waals surface area contributed by atoms with E-state index in [4.69, 9.17) is 16.6 Å². The van der Waals surface area contributed by atoms with Crippen molar-refractivity contribution in [2.24, 2.45) is 16.3 Å². The van der Waals surface area contributed by atoms with Gasteiger partial charge in [-0.05, 0) is 72.1 Å². The molecule has 1 N–H and O–H groups in total. The fourth-order valence-electron chi connectivity index (χ4n) is 5.77. The quantitative estimate of drug-likeness (QED) is 0.200. The van der Waals surface area contributed by atoms with E-state index in [1.54, 1.807) is 11.3 Å². The molecule has 6 heteroatoms. The normalized spacial score (nSPS) is 15.4. The van der Waals surface area contributed by atoms with Crippen LogP contribution in [0.4, 0.5) is 10.7 Å². The van der Waals surface area contributed by atoms with E-state index >= 15 is 0 Å².